The molecular formula is C16H27N3. The third-order valence-corrected chi connectivity index (χ3v) is 4.72. The van der Waals surface area contributed by atoms with Gasteiger partial charge in [-0.2, -0.15) is 0 Å². The molecule has 2 unspecified atom stereocenters. The fourth-order valence-corrected chi connectivity index (χ4v) is 3.40. The molecule has 1 aliphatic rings. The molecule has 1 aromatic rings. The largest absolute Gasteiger partial charge is 0.311 e. The van der Waals surface area contributed by atoms with Gasteiger partial charge < -0.3 is 5.32 Å². The van der Waals surface area contributed by atoms with E-state index in [2.05, 4.69) is 42.2 Å². The van der Waals surface area contributed by atoms with Crippen LogP contribution in [0.25, 0.3) is 0 Å². The van der Waals surface area contributed by atoms with Crippen LogP contribution in [0.5, 0.6) is 0 Å². The van der Waals surface area contributed by atoms with E-state index >= 15 is 0 Å². The number of likely N-dealkylation sites (N-methyl/N-ethyl adjacent to an activating group) is 1. The van der Waals surface area contributed by atoms with Crippen molar-refractivity contribution in [1.29, 1.82) is 0 Å². The number of hydrogen-bond donors (Lipinski definition) is 1. The van der Waals surface area contributed by atoms with E-state index in [-0.39, 0.29) is 5.54 Å². The molecule has 0 radical (unpaired) electrons. The lowest BCUT2D eigenvalue weighted by atomic mass is 9.82. The monoisotopic (exact) mass is 261 g/mol. The third-order valence-electron chi connectivity index (χ3n) is 4.72. The number of pyridine rings is 1. The molecule has 3 heteroatoms. The van der Waals surface area contributed by atoms with Gasteiger partial charge in [-0.05, 0) is 58.0 Å². The average molecular weight is 261 g/mol. The average Bonchev–Trinajstić information content (AvgIpc) is 2.49. The van der Waals surface area contributed by atoms with E-state index in [0.717, 1.165) is 6.42 Å². The van der Waals surface area contributed by atoms with Crippen LogP contribution in [-0.4, -0.2) is 35.6 Å². The van der Waals surface area contributed by atoms with E-state index in [9.17, 15) is 0 Å². The molecule has 1 aliphatic heterocycles. The fourth-order valence-electron chi connectivity index (χ4n) is 3.40. The standard InChI is InChI=1S/C16H27N3/c1-4-16(2,19-11-6-5-7-12-19)15(17-3)14-9-8-10-18-13-14/h8-10,13,15,17H,4-7,11-12H2,1-3H3. The lowest BCUT2D eigenvalue weighted by molar-refractivity contribution is 0.0447. The van der Waals surface area contributed by atoms with Gasteiger partial charge in [0.1, 0.15) is 0 Å². The molecule has 0 bridgehead atoms. The Hall–Kier alpha value is -0.930. The first kappa shape index (κ1) is 14.5. The van der Waals surface area contributed by atoms with Crippen LogP contribution in [0.3, 0.4) is 0 Å². The molecule has 3 nitrogen and oxygen atoms in total. The van der Waals surface area contributed by atoms with Gasteiger partial charge >= 0.3 is 0 Å². The van der Waals surface area contributed by atoms with Crippen molar-refractivity contribution in [2.45, 2.75) is 51.1 Å². The zero-order chi connectivity index (χ0) is 13.7. The highest BCUT2D eigenvalue weighted by atomic mass is 15.2. The highest BCUT2D eigenvalue weighted by Crippen LogP contribution is 2.35. The first-order valence-electron chi connectivity index (χ1n) is 7.54. The molecule has 106 valence electrons. The molecule has 2 atom stereocenters. The lowest BCUT2D eigenvalue weighted by Gasteiger charge is -2.48. The Labute approximate surface area is 117 Å². The van der Waals surface area contributed by atoms with Gasteiger partial charge in [-0.15, -0.1) is 0 Å². The van der Waals surface area contributed by atoms with Crippen LogP contribution in [0.2, 0.25) is 0 Å². The highest BCUT2D eigenvalue weighted by Gasteiger charge is 2.38. The quantitative estimate of drug-likeness (QED) is 0.883. The van der Waals surface area contributed by atoms with Gasteiger partial charge in [-0.3, -0.25) is 9.88 Å². The summed E-state index contributed by atoms with van der Waals surface area (Å²) in [5.74, 6) is 0. The summed E-state index contributed by atoms with van der Waals surface area (Å²) >= 11 is 0. The van der Waals surface area contributed by atoms with Gasteiger partial charge in [0, 0.05) is 17.9 Å². The summed E-state index contributed by atoms with van der Waals surface area (Å²) in [6, 6.07) is 4.56. The van der Waals surface area contributed by atoms with E-state index in [0.29, 0.717) is 6.04 Å². The van der Waals surface area contributed by atoms with E-state index in [4.69, 9.17) is 0 Å². The second-order valence-corrected chi connectivity index (χ2v) is 5.77. The second kappa shape index (κ2) is 6.49. The van der Waals surface area contributed by atoms with Crippen molar-refractivity contribution in [3.05, 3.63) is 30.1 Å². The van der Waals surface area contributed by atoms with E-state index < -0.39 is 0 Å². The zero-order valence-corrected chi connectivity index (χ0v) is 12.5. The van der Waals surface area contributed by atoms with Crippen molar-refractivity contribution in [2.24, 2.45) is 0 Å². The maximum atomic E-state index is 4.29. The minimum Gasteiger partial charge on any atom is -0.311 e. The van der Waals surface area contributed by atoms with Gasteiger partial charge in [-0.25, -0.2) is 0 Å². The summed E-state index contributed by atoms with van der Waals surface area (Å²) in [7, 11) is 2.07. The maximum absolute atomic E-state index is 4.29. The first-order chi connectivity index (χ1) is 9.22. The first-order valence-corrected chi connectivity index (χ1v) is 7.54. The Morgan fingerprint density at radius 1 is 1.37 bits per heavy atom. The molecule has 0 aromatic carbocycles. The molecule has 1 N–H and O–H groups in total. The van der Waals surface area contributed by atoms with Gasteiger partial charge in [0.15, 0.2) is 0 Å². The number of rotatable bonds is 5. The summed E-state index contributed by atoms with van der Waals surface area (Å²) in [5.41, 5.74) is 1.46. The van der Waals surface area contributed by atoms with E-state index in [1.54, 1.807) is 0 Å². The Bertz CT molecular complexity index is 373. The van der Waals surface area contributed by atoms with Crippen molar-refractivity contribution in [3.8, 4) is 0 Å². The molecule has 1 aromatic heterocycles. The third kappa shape index (κ3) is 2.98. The van der Waals surface area contributed by atoms with Gasteiger partial charge in [0.2, 0.25) is 0 Å². The molecule has 2 rings (SSSR count). The van der Waals surface area contributed by atoms with Gasteiger partial charge in [0.05, 0.1) is 6.04 Å². The molecule has 0 aliphatic carbocycles. The second-order valence-electron chi connectivity index (χ2n) is 5.77. The van der Waals surface area contributed by atoms with E-state index in [1.807, 2.05) is 18.5 Å². The SMILES string of the molecule is CCC(C)(C(NC)c1cccnc1)N1CCCCC1. The predicted octanol–water partition coefficient (Wildman–Crippen LogP) is 3.00. The Morgan fingerprint density at radius 3 is 2.63 bits per heavy atom. The number of piperidine rings is 1. The predicted molar refractivity (Wildman–Crippen MR) is 80.2 cm³/mol. The fraction of sp³-hybridized carbons (Fsp3) is 0.688. The summed E-state index contributed by atoms with van der Waals surface area (Å²) in [5, 5.41) is 3.53. The zero-order valence-electron chi connectivity index (χ0n) is 12.5. The minimum absolute atomic E-state index is 0.165. The molecule has 0 spiro atoms. The van der Waals surface area contributed by atoms with Crippen LogP contribution < -0.4 is 5.32 Å². The van der Waals surface area contributed by atoms with Gasteiger partial charge in [-0.1, -0.05) is 19.4 Å². The summed E-state index contributed by atoms with van der Waals surface area (Å²) in [6.45, 7) is 7.15. The Kier molecular flexibility index (Phi) is 4.94. The summed E-state index contributed by atoms with van der Waals surface area (Å²) in [4.78, 5) is 6.96. The van der Waals surface area contributed by atoms with Crippen LogP contribution in [0.15, 0.2) is 24.5 Å². The Balaban J connectivity index is 2.26. The summed E-state index contributed by atoms with van der Waals surface area (Å²) < 4.78 is 0. The molecular weight excluding hydrogens is 234 g/mol. The molecule has 0 saturated carbocycles. The molecule has 2 heterocycles. The van der Waals surface area contributed by atoms with Crippen LogP contribution in [0.4, 0.5) is 0 Å². The number of nitrogens with zero attached hydrogens (tertiary/aromatic N) is 2. The van der Waals surface area contributed by atoms with Crippen molar-refractivity contribution in [1.82, 2.24) is 15.2 Å². The Morgan fingerprint density at radius 2 is 2.11 bits per heavy atom. The van der Waals surface area contributed by atoms with Crippen LogP contribution in [0, 0.1) is 0 Å². The molecule has 0 amide bonds. The topological polar surface area (TPSA) is 28.2 Å². The number of hydrogen-bond acceptors (Lipinski definition) is 3. The lowest BCUT2D eigenvalue weighted by Crippen LogP contribution is -2.55. The number of nitrogens with one attached hydrogen (secondary N) is 1. The van der Waals surface area contributed by atoms with Crippen molar-refractivity contribution in [2.75, 3.05) is 20.1 Å². The normalized spacial score (nSPS) is 21.8. The van der Waals surface area contributed by atoms with Crippen LogP contribution >= 0.6 is 0 Å². The number of likely N-dealkylation sites (tertiary alicyclic amines) is 1. The van der Waals surface area contributed by atoms with Gasteiger partial charge in [0.25, 0.3) is 0 Å². The van der Waals surface area contributed by atoms with Crippen molar-refractivity contribution < 1.29 is 0 Å². The smallest absolute Gasteiger partial charge is 0.0517 e. The van der Waals surface area contributed by atoms with Crippen molar-refractivity contribution >= 4 is 0 Å². The van der Waals surface area contributed by atoms with Crippen molar-refractivity contribution in [3.63, 3.8) is 0 Å². The number of aromatic nitrogens is 1. The minimum atomic E-state index is 0.165. The van der Waals surface area contributed by atoms with Crippen LogP contribution in [-0.2, 0) is 0 Å². The molecule has 1 fully saturated rings. The van der Waals surface area contributed by atoms with Crippen LogP contribution in [0.1, 0.15) is 51.1 Å². The molecule has 1 saturated heterocycles. The van der Waals surface area contributed by atoms with E-state index in [1.165, 1.54) is 37.9 Å². The summed E-state index contributed by atoms with van der Waals surface area (Å²) in [6.07, 6.45) is 9.04. The molecule has 19 heavy (non-hydrogen) atoms. The highest BCUT2D eigenvalue weighted by molar-refractivity contribution is 5.19. The maximum Gasteiger partial charge on any atom is 0.0517 e.